The van der Waals surface area contributed by atoms with Crippen molar-refractivity contribution in [2.75, 3.05) is 6.54 Å². The van der Waals surface area contributed by atoms with E-state index in [0.717, 1.165) is 30.4 Å². The van der Waals surface area contributed by atoms with Gasteiger partial charge in [0.2, 0.25) is 11.8 Å². The third-order valence-electron chi connectivity index (χ3n) is 6.22. The summed E-state index contributed by atoms with van der Waals surface area (Å²) in [6.07, 6.45) is 8.97. The predicted molar refractivity (Wildman–Crippen MR) is 152 cm³/mol. The molecule has 0 saturated heterocycles. The van der Waals surface area contributed by atoms with Crippen LogP contribution < -0.4 is 10.6 Å². The lowest BCUT2D eigenvalue weighted by molar-refractivity contribution is -0.119. The topological polar surface area (TPSA) is 58.2 Å². The van der Waals surface area contributed by atoms with Gasteiger partial charge in [0.15, 0.2) is 0 Å². The molecule has 1 aliphatic carbocycles. The third kappa shape index (κ3) is 8.55. The Hall–Kier alpha value is -1.98. The van der Waals surface area contributed by atoms with Gasteiger partial charge >= 0.3 is 0 Å². The molecule has 2 amide bonds. The number of carbonyl (C=O) groups is 2. The van der Waals surface area contributed by atoms with Gasteiger partial charge in [-0.1, -0.05) is 79.3 Å². The number of amides is 2. The first-order valence-electron chi connectivity index (χ1n) is 11.7. The number of halogens is 4. The lowest BCUT2D eigenvalue weighted by atomic mass is 9.62. The van der Waals surface area contributed by atoms with Gasteiger partial charge in [-0.25, -0.2) is 0 Å². The fraction of sp³-hybridized carbons (Fsp3) is 0.357. The molecule has 0 spiro atoms. The minimum Gasteiger partial charge on any atom is -0.352 e. The largest absolute Gasteiger partial charge is 0.352 e. The Balaban J connectivity index is 1.58. The fourth-order valence-electron chi connectivity index (χ4n) is 5.06. The van der Waals surface area contributed by atoms with Crippen molar-refractivity contribution in [1.82, 2.24) is 10.6 Å². The molecule has 36 heavy (non-hydrogen) atoms. The van der Waals surface area contributed by atoms with E-state index >= 15 is 0 Å². The molecule has 3 rings (SSSR count). The van der Waals surface area contributed by atoms with Gasteiger partial charge in [-0.15, -0.1) is 0 Å². The summed E-state index contributed by atoms with van der Waals surface area (Å²) in [5.41, 5.74) is 1.44. The van der Waals surface area contributed by atoms with Gasteiger partial charge in [0.1, 0.15) is 0 Å². The second-order valence-electron chi connectivity index (χ2n) is 10.5. The highest BCUT2D eigenvalue weighted by Crippen LogP contribution is 2.45. The highest BCUT2D eigenvalue weighted by Gasteiger charge is 2.41. The second-order valence-corrected chi connectivity index (χ2v) is 12.1. The average molecular weight is 568 g/mol. The Bertz CT molecular complexity index is 1190. The standard InChI is InChI=1S/C28H30Cl4N2O2/c1-27(2)14-20(34-26(36)11-7-19-5-9-22(30)24(32)13-19)15-28(3,16-27)17-33-25(35)10-6-18-4-8-21(29)23(31)12-18/h4-13,20H,14-17H2,1-3H3,(H,33,35)(H,34,36). The molecular formula is C28H30Cl4N2O2. The van der Waals surface area contributed by atoms with E-state index in [1.54, 1.807) is 48.6 Å². The normalized spacial score (nSPS) is 21.6. The van der Waals surface area contributed by atoms with Crippen molar-refractivity contribution in [2.24, 2.45) is 10.8 Å². The molecule has 1 fully saturated rings. The Morgan fingerprint density at radius 3 is 1.89 bits per heavy atom. The molecule has 1 saturated carbocycles. The zero-order valence-electron chi connectivity index (χ0n) is 20.5. The van der Waals surface area contributed by atoms with E-state index in [9.17, 15) is 9.59 Å². The van der Waals surface area contributed by atoms with Gasteiger partial charge in [0, 0.05) is 24.7 Å². The highest BCUT2D eigenvalue weighted by atomic mass is 35.5. The monoisotopic (exact) mass is 566 g/mol. The zero-order valence-corrected chi connectivity index (χ0v) is 23.5. The van der Waals surface area contributed by atoms with E-state index in [1.807, 2.05) is 0 Å². The molecule has 2 aromatic rings. The molecule has 0 aromatic heterocycles. The van der Waals surface area contributed by atoms with Crippen LogP contribution in [-0.2, 0) is 9.59 Å². The summed E-state index contributed by atoms with van der Waals surface area (Å²) >= 11 is 24.0. The Kier molecular flexibility index (Phi) is 9.56. The lowest BCUT2D eigenvalue weighted by Crippen LogP contribution is -2.50. The Labute approximate surface area is 233 Å². The average Bonchev–Trinajstić information content (AvgIpc) is 2.78. The SMILES string of the molecule is CC1(C)CC(NC(=O)C=Cc2ccc(Cl)c(Cl)c2)CC(C)(CNC(=O)C=Cc2ccc(Cl)c(Cl)c2)C1. The van der Waals surface area contributed by atoms with Crippen LogP contribution in [0.25, 0.3) is 12.2 Å². The van der Waals surface area contributed by atoms with Gasteiger partial charge in [-0.05, 0) is 77.6 Å². The minimum absolute atomic E-state index is 0.00615. The van der Waals surface area contributed by atoms with Gasteiger partial charge in [0.25, 0.3) is 0 Å². The van der Waals surface area contributed by atoms with Crippen LogP contribution in [-0.4, -0.2) is 24.4 Å². The quantitative estimate of drug-likeness (QED) is 0.335. The number of hydrogen-bond acceptors (Lipinski definition) is 2. The first-order valence-corrected chi connectivity index (χ1v) is 13.2. The van der Waals surface area contributed by atoms with Crippen LogP contribution in [0.15, 0.2) is 48.6 Å². The summed E-state index contributed by atoms with van der Waals surface area (Å²) in [7, 11) is 0. The van der Waals surface area contributed by atoms with Gasteiger partial charge in [0.05, 0.1) is 20.1 Å². The summed E-state index contributed by atoms with van der Waals surface area (Å²) < 4.78 is 0. The number of hydrogen-bond donors (Lipinski definition) is 2. The molecule has 0 bridgehead atoms. The van der Waals surface area contributed by atoms with Crippen molar-refractivity contribution in [3.8, 4) is 0 Å². The first kappa shape index (κ1) is 28.6. The molecule has 2 N–H and O–H groups in total. The second kappa shape index (κ2) is 12.0. The minimum atomic E-state index is -0.184. The molecule has 8 heteroatoms. The molecular weight excluding hydrogens is 538 g/mol. The maximum Gasteiger partial charge on any atom is 0.244 e. The molecule has 0 aliphatic heterocycles. The van der Waals surface area contributed by atoms with Crippen LogP contribution in [0.5, 0.6) is 0 Å². The maximum atomic E-state index is 12.6. The molecule has 2 unspecified atom stereocenters. The summed E-state index contributed by atoms with van der Waals surface area (Å²) in [6, 6.07) is 10.4. The van der Waals surface area contributed by atoms with Crippen molar-refractivity contribution in [1.29, 1.82) is 0 Å². The van der Waals surface area contributed by atoms with E-state index in [1.165, 1.54) is 12.2 Å². The van der Waals surface area contributed by atoms with Crippen molar-refractivity contribution >= 4 is 70.4 Å². The van der Waals surface area contributed by atoms with Crippen molar-refractivity contribution in [2.45, 2.75) is 46.1 Å². The molecule has 192 valence electrons. The summed E-state index contributed by atoms with van der Waals surface area (Å²) in [5, 5.41) is 7.98. The van der Waals surface area contributed by atoms with E-state index < -0.39 is 0 Å². The first-order chi connectivity index (χ1) is 16.8. The fourth-order valence-corrected chi connectivity index (χ4v) is 5.67. The van der Waals surface area contributed by atoms with E-state index in [4.69, 9.17) is 46.4 Å². The van der Waals surface area contributed by atoms with Gasteiger partial charge in [-0.2, -0.15) is 0 Å². The summed E-state index contributed by atoms with van der Waals surface area (Å²) in [6.45, 7) is 7.05. The smallest absolute Gasteiger partial charge is 0.244 e. The van der Waals surface area contributed by atoms with E-state index in [0.29, 0.717) is 26.6 Å². The zero-order chi connectivity index (χ0) is 26.5. The lowest BCUT2D eigenvalue weighted by Gasteiger charge is -2.46. The van der Waals surface area contributed by atoms with Crippen LogP contribution in [0.2, 0.25) is 20.1 Å². The number of nitrogens with one attached hydrogen (secondary N) is 2. The predicted octanol–water partition coefficient (Wildman–Crippen LogP) is 7.84. The number of benzene rings is 2. The number of rotatable bonds is 7. The molecule has 0 heterocycles. The molecule has 4 nitrogen and oxygen atoms in total. The van der Waals surface area contributed by atoms with Crippen LogP contribution in [0.3, 0.4) is 0 Å². The van der Waals surface area contributed by atoms with Crippen LogP contribution in [0.1, 0.15) is 51.2 Å². The molecule has 2 aromatic carbocycles. The van der Waals surface area contributed by atoms with E-state index in [2.05, 4.69) is 31.4 Å². The maximum absolute atomic E-state index is 12.6. The van der Waals surface area contributed by atoms with Crippen molar-refractivity contribution in [3.05, 3.63) is 79.8 Å². The van der Waals surface area contributed by atoms with Crippen LogP contribution >= 0.6 is 46.4 Å². The van der Waals surface area contributed by atoms with Crippen molar-refractivity contribution in [3.63, 3.8) is 0 Å². The summed E-state index contributed by atoms with van der Waals surface area (Å²) in [5.74, 6) is -0.351. The van der Waals surface area contributed by atoms with Crippen LogP contribution in [0.4, 0.5) is 0 Å². The van der Waals surface area contributed by atoms with Crippen molar-refractivity contribution < 1.29 is 9.59 Å². The van der Waals surface area contributed by atoms with Gasteiger partial charge in [-0.3, -0.25) is 9.59 Å². The van der Waals surface area contributed by atoms with Crippen LogP contribution in [0, 0.1) is 10.8 Å². The molecule has 0 radical (unpaired) electrons. The number of carbonyl (C=O) groups excluding carboxylic acids is 2. The Morgan fingerprint density at radius 1 is 0.833 bits per heavy atom. The highest BCUT2D eigenvalue weighted by molar-refractivity contribution is 6.42. The Morgan fingerprint density at radius 2 is 1.36 bits per heavy atom. The molecule has 2 atom stereocenters. The van der Waals surface area contributed by atoms with E-state index in [-0.39, 0.29) is 28.7 Å². The third-order valence-corrected chi connectivity index (χ3v) is 7.70. The molecule has 1 aliphatic rings. The van der Waals surface area contributed by atoms with Gasteiger partial charge < -0.3 is 10.6 Å². The summed E-state index contributed by atoms with van der Waals surface area (Å²) in [4.78, 5) is 25.1.